The van der Waals surface area contributed by atoms with Gasteiger partial charge in [-0.1, -0.05) is 20.8 Å². The van der Waals surface area contributed by atoms with Gasteiger partial charge >= 0.3 is 5.97 Å². The fourth-order valence-electron chi connectivity index (χ4n) is 5.47. The minimum atomic E-state index is -1.28. The van der Waals surface area contributed by atoms with Crippen LogP contribution in [0.2, 0.25) is 0 Å². The number of rotatable bonds is 4. The summed E-state index contributed by atoms with van der Waals surface area (Å²) < 4.78 is 16.9. The third kappa shape index (κ3) is 3.02. The molecule has 3 rings (SSSR count). The van der Waals surface area contributed by atoms with E-state index in [-0.39, 0.29) is 11.2 Å². The van der Waals surface area contributed by atoms with Crippen LogP contribution in [0.25, 0.3) is 0 Å². The predicted octanol–water partition coefficient (Wildman–Crippen LogP) is 2.22. The number of esters is 1. The molecule has 4 atom stereocenters. The van der Waals surface area contributed by atoms with Crippen LogP contribution in [0.1, 0.15) is 60.3 Å². The van der Waals surface area contributed by atoms with Gasteiger partial charge in [-0.25, -0.2) is 0 Å². The van der Waals surface area contributed by atoms with Crippen molar-refractivity contribution in [3.8, 4) is 0 Å². The zero-order valence-corrected chi connectivity index (χ0v) is 15.9. The minimum Gasteiger partial charge on any atom is -0.459 e. The molecule has 0 aromatic rings. The largest absolute Gasteiger partial charge is 0.459 e. The molecule has 1 N–H and O–H groups in total. The molecule has 1 heterocycles. The SMILES string of the molecule is CC(=O)OC1C(C)(CCC2(C)OCCO2)C2C(=O)CC(C)(C)CC12O. The zero-order chi connectivity index (χ0) is 18.7. The molecule has 6 nitrogen and oxygen atoms in total. The summed E-state index contributed by atoms with van der Waals surface area (Å²) in [5, 5.41) is 11.3. The van der Waals surface area contributed by atoms with Crippen molar-refractivity contribution in [2.45, 2.75) is 77.8 Å². The molecule has 3 aliphatic rings. The number of hydrogen-bond donors (Lipinski definition) is 1. The minimum absolute atomic E-state index is 0.0584. The summed E-state index contributed by atoms with van der Waals surface area (Å²) in [6.07, 6.45) is 1.38. The topological polar surface area (TPSA) is 82.1 Å². The van der Waals surface area contributed by atoms with Gasteiger partial charge in [0.25, 0.3) is 0 Å². The Morgan fingerprint density at radius 1 is 1.20 bits per heavy atom. The molecular weight excluding hydrogens is 324 g/mol. The lowest BCUT2D eigenvalue weighted by molar-refractivity contribution is -0.301. The quantitative estimate of drug-likeness (QED) is 0.780. The predicted molar refractivity (Wildman–Crippen MR) is 89.7 cm³/mol. The monoisotopic (exact) mass is 354 g/mol. The second kappa shape index (κ2) is 5.76. The molecule has 0 aromatic heterocycles. The average Bonchev–Trinajstić information content (AvgIpc) is 2.88. The Balaban J connectivity index is 1.85. The van der Waals surface area contributed by atoms with E-state index in [1.165, 1.54) is 6.92 Å². The van der Waals surface area contributed by atoms with E-state index < -0.39 is 34.8 Å². The smallest absolute Gasteiger partial charge is 0.303 e. The number of ketones is 1. The van der Waals surface area contributed by atoms with Gasteiger partial charge in [-0.3, -0.25) is 9.59 Å². The second-order valence-electron chi connectivity index (χ2n) is 9.23. The molecule has 1 aliphatic heterocycles. The molecule has 0 aromatic carbocycles. The summed E-state index contributed by atoms with van der Waals surface area (Å²) in [5.41, 5.74) is -2.18. The van der Waals surface area contributed by atoms with Crippen molar-refractivity contribution in [3.05, 3.63) is 0 Å². The van der Waals surface area contributed by atoms with Crippen molar-refractivity contribution in [3.63, 3.8) is 0 Å². The van der Waals surface area contributed by atoms with Gasteiger partial charge in [0.1, 0.15) is 17.5 Å². The second-order valence-corrected chi connectivity index (χ2v) is 9.23. The molecule has 2 aliphatic carbocycles. The van der Waals surface area contributed by atoms with Crippen LogP contribution in [0.5, 0.6) is 0 Å². The fraction of sp³-hybridized carbons (Fsp3) is 0.895. The van der Waals surface area contributed by atoms with Crippen LogP contribution in [0.3, 0.4) is 0 Å². The van der Waals surface area contributed by atoms with Crippen LogP contribution < -0.4 is 0 Å². The standard InChI is InChI=1S/C19H30O6/c1-12(20)25-15-17(4,6-7-18(5)23-8-9-24-18)14-13(21)10-16(2,3)11-19(14,15)22/h14-15,22H,6-11H2,1-5H3. The molecule has 0 radical (unpaired) electrons. The highest BCUT2D eigenvalue weighted by atomic mass is 16.7. The van der Waals surface area contributed by atoms with Crippen LogP contribution in [-0.2, 0) is 23.8 Å². The van der Waals surface area contributed by atoms with Gasteiger partial charge in [-0.05, 0) is 25.2 Å². The van der Waals surface area contributed by atoms with Gasteiger partial charge in [0.15, 0.2) is 5.79 Å². The Labute approximate surface area is 149 Å². The molecule has 4 unspecified atom stereocenters. The number of hydrogen-bond acceptors (Lipinski definition) is 6. The first-order chi connectivity index (χ1) is 11.4. The number of carbonyl (C=O) groups excluding carboxylic acids is 2. The molecule has 0 spiro atoms. The molecule has 0 bridgehead atoms. The van der Waals surface area contributed by atoms with Gasteiger partial charge in [0.05, 0.1) is 19.1 Å². The van der Waals surface area contributed by atoms with Crippen LogP contribution >= 0.6 is 0 Å². The van der Waals surface area contributed by atoms with E-state index in [4.69, 9.17) is 14.2 Å². The molecule has 2 saturated carbocycles. The van der Waals surface area contributed by atoms with Crippen LogP contribution in [0.4, 0.5) is 0 Å². The maximum absolute atomic E-state index is 12.8. The van der Waals surface area contributed by atoms with Crippen LogP contribution in [0, 0.1) is 16.7 Å². The number of carbonyl (C=O) groups is 2. The molecular formula is C19H30O6. The van der Waals surface area contributed by atoms with Gasteiger partial charge in [-0.15, -0.1) is 0 Å². The first-order valence-corrected chi connectivity index (χ1v) is 9.12. The summed E-state index contributed by atoms with van der Waals surface area (Å²) in [4.78, 5) is 24.5. The lowest BCUT2D eigenvalue weighted by atomic mass is 9.41. The van der Waals surface area contributed by atoms with Crippen molar-refractivity contribution in [1.82, 2.24) is 0 Å². The Kier molecular flexibility index (Phi) is 4.33. The highest BCUT2D eigenvalue weighted by molar-refractivity contribution is 5.87. The van der Waals surface area contributed by atoms with E-state index in [9.17, 15) is 14.7 Å². The number of aliphatic hydroxyl groups is 1. The molecule has 6 heteroatoms. The van der Waals surface area contributed by atoms with E-state index in [1.807, 2.05) is 27.7 Å². The van der Waals surface area contributed by atoms with Gasteiger partial charge < -0.3 is 19.3 Å². The Morgan fingerprint density at radius 2 is 1.80 bits per heavy atom. The summed E-state index contributed by atoms with van der Waals surface area (Å²) >= 11 is 0. The zero-order valence-electron chi connectivity index (χ0n) is 15.9. The van der Waals surface area contributed by atoms with Crippen LogP contribution in [0.15, 0.2) is 0 Å². The average molecular weight is 354 g/mol. The highest BCUT2D eigenvalue weighted by Gasteiger charge is 2.74. The molecule has 25 heavy (non-hydrogen) atoms. The number of Topliss-reactive ketones (excluding diaryl/α,β-unsaturated/α-hetero) is 1. The molecule has 1 saturated heterocycles. The lowest BCUT2D eigenvalue weighted by Crippen LogP contribution is -2.78. The fourth-order valence-corrected chi connectivity index (χ4v) is 5.47. The molecule has 3 fully saturated rings. The van der Waals surface area contributed by atoms with E-state index >= 15 is 0 Å². The summed E-state index contributed by atoms with van der Waals surface area (Å²) in [5.74, 6) is -1.56. The lowest BCUT2D eigenvalue weighted by Gasteiger charge is -2.67. The van der Waals surface area contributed by atoms with Crippen molar-refractivity contribution >= 4 is 11.8 Å². The first-order valence-electron chi connectivity index (χ1n) is 9.12. The van der Waals surface area contributed by atoms with E-state index in [1.54, 1.807) is 0 Å². The van der Waals surface area contributed by atoms with Crippen molar-refractivity contribution in [2.24, 2.45) is 16.7 Å². The van der Waals surface area contributed by atoms with E-state index in [0.29, 0.717) is 38.9 Å². The van der Waals surface area contributed by atoms with E-state index in [0.717, 1.165) is 0 Å². The van der Waals surface area contributed by atoms with Gasteiger partial charge in [0, 0.05) is 25.2 Å². The van der Waals surface area contributed by atoms with E-state index in [2.05, 4.69) is 0 Å². The first kappa shape index (κ1) is 18.8. The third-order valence-corrected chi connectivity index (χ3v) is 6.25. The van der Waals surface area contributed by atoms with Crippen molar-refractivity contribution in [2.75, 3.05) is 13.2 Å². The Morgan fingerprint density at radius 3 is 2.36 bits per heavy atom. The summed E-state index contributed by atoms with van der Waals surface area (Å²) in [7, 11) is 0. The van der Waals surface area contributed by atoms with Crippen molar-refractivity contribution < 1.29 is 28.9 Å². The Hall–Kier alpha value is -0.980. The van der Waals surface area contributed by atoms with Gasteiger partial charge in [-0.2, -0.15) is 0 Å². The Bertz CT molecular complexity index is 578. The number of fused-ring (bicyclic) bond motifs is 1. The summed E-state index contributed by atoms with van der Waals surface area (Å²) in [6.45, 7) is 10.2. The molecule has 0 amide bonds. The van der Waals surface area contributed by atoms with Gasteiger partial charge in [0.2, 0.25) is 0 Å². The van der Waals surface area contributed by atoms with Crippen LogP contribution in [-0.4, -0.2) is 47.6 Å². The maximum Gasteiger partial charge on any atom is 0.303 e. The van der Waals surface area contributed by atoms with Crippen molar-refractivity contribution in [1.29, 1.82) is 0 Å². The third-order valence-electron chi connectivity index (χ3n) is 6.25. The maximum atomic E-state index is 12.8. The molecule has 142 valence electrons. The number of ether oxygens (including phenoxy) is 3. The highest BCUT2D eigenvalue weighted by Crippen LogP contribution is 2.65. The normalized spacial score (nSPS) is 41.8. The summed E-state index contributed by atoms with van der Waals surface area (Å²) in [6, 6.07) is 0.